The number of fused-ring (bicyclic) bond motifs is 2. The Hall–Kier alpha value is -3.88. The predicted octanol–water partition coefficient (Wildman–Crippen LogP) is 13.8. The predicted molar refractivity (Wildman–Crippen MR) is 221 cm³/mol. The van der Waals surface area contributed by atoms with E-state index in [4.69, 9.17) is 4.98 Å². The van der Waals surface area contributed by atoms with Gasteiger partial charge >= 0.3 is 0 Å². The topological polar surface area (TPSA) is 33.2 Å². The van der Waals surface area contributed by atoms with E-state index < -0.39 is 5.54 Å². The van der Waals surface area contributed by atoms with E-state index >= 15 is 0 Å². The van der Waals surface area contributed by atoms with Crippen molar-refractivity contribution in [3.05, 3.63) is 163 Å². The highest BCUT2D eigenvalue weighted by atomic mass is 79.9. The van der Waals surface area contributed by atoms with Crippen molar-refractivity contribution in [2.24, 2.45) is 0 Å². The van der Waals surface area contributed by atoms with Crippen LogP contribution in [0, 0.1) is 0 Å². The van der Waals surface area contributed by atoms with Crippen LogP contribution in [-0.4, -0.2) is 10.9 Å². The fourth-order valence-electron chi connectivity index (χ4n) is 7.28. The third-order valence-electron chi connectivity index (χ3n) is 9.52. The number of pyridine rings is 1. The number of carbonyl (C=O) groups is 1. The Balaban J connectivity index is 1.62. The molecule has 244 valence electrons. The standard InChI is InChI=1S/C43H28Br4N2O/c1-43(2)35-6-4-3-5-33(35)42(50)49(43)41-40-34(23-24-48-41)36(25-7-15-29(44)16-8-25)37(26-9-17-30(45)18-10-26)38(27-11-19-31(46)20-12-27)39(40)28-13-21-32(47)22-14-28/h3-24H,1-2H3. The van der Waals surface area contributed by atoms with Gasteiger partial charge in [0.25, 0.3) is 5.91 Å². The number of hydrogen-bond donors (Lipinski definition) is 0. The molecule has 0 aliphatic carbocycles. The third kappa shape index (κ3) is 5.59. The van der Waals surface area contributed by atoms with E-state index in [9.17, 15) is 4.79 Å². The maximum absolute atomic E-state index is 14.5. The van der Waals surface area contributed by atoms with Crippen LogP contribution < -0.4 is 4.90 Å². The van der Waals surface area contributed by atoms with Crippen molar-refractivity contribution >= 4 is 86.2 Å². The van der Waals surface area contributed by atoms with Gasteiger partial charge in [0.1, 0.15) is 5.82 Å². The van der Waals surface area contributed by atoms with Gasteiger partial charge in [-0.3, -0.25) is 9.69 Å². The zero-order chi connectivity index (χ0) is 34.7. The fraction of sp³-hybridized carbons (Fsp3) is 0.0698. The summed E-state index contributed by atoms with van der Waals surface area (Å²) in [6.45, 7) is 4.22. The summed E-state index contributed by atoms with van der Waals surface area (Å²) >= 11 is 14.7. The molecule has 1 aliphatic rings. The van der Waals surface area contributed by atoms with Gasteiger partial charge in [-0.15, -0.1) is 0 Å². The molecule has 2 heterocycles. The Morgan fingerprint density at radius 2 is 0.940 bits per heavy atom. The molecule has 6 aromatic carbocycles. The van der Waals surface area contributed by atoms with Crippen LogP contribution >= 0.6 is 63.7 Å². The molecule has 1 aliphatic heterocycles. The molecule has 7 aromatic rings. The average Bonchev–Trinajstić information content (AvgIpc) is 3.32. The quantitative estimate of drug-likeness (QED) is 0.172. The zero-order valence-corrected chi connectivity index (χ0v) is 33.4. The van der Waals surface area contributed by atoms with Crippen molar-refractivity contribution in [3.63, 3.8) is 0 Å². The monoisotopic (exact) mass is 904 g/mol. The number of hydrogen-bond acceptors (Lipinski definition) is 2. The molecule has 0 saturated heterocycles. The molecule has 0 fully saturated rings. The molecule has 0 saturated carbocycles. The fourth-order valence-corrected chi connectivity index (χ4v) is 8.33. The second kappa shape index (κ2) is 13.0. The minimum atomic E-state index is -0.647. The van der Waals surface area contributed by atoms with Gasteiger partial charge in [0.05, 0.1) is 5.54 Å². The number of anilines is 1. The lowest BCUT2D eigenvalue weighted by Crippen LogP contribution is -2.40. The van der Waals surface area contributed by atoms with Gasteiger partial charge in [-0.2, -0.15) is 0 Å². The first-order valence-corrected chi connectivity index (χ1v) is 19.3. The van der Waals surface area contributed by atoms with Crippen LogP contribution in [0.5, 0.6) is 0 Å². The molecule has 0 radical (unpaired) electrons. The Labute approximate surface area is 324 Å². The summed E-state index contributed by atoms with van der Waals surface area (Å²) in [6, 6.07) is 44.0. The van der Waals surface area contributed by atoms with Crippen LogP contribution in [-0.2, 0) is 5.54 Å². The van der Waals surface area contributed by atoms with E-state index in [1.807, 2.05) is 29.3 Å². The summed E-state index contributed by atoms with van der Waals surface area (Å²) in [6.07, 6.45) is 1.85. The van der Waals surface area contributed by atoms with E-state index in [1.54, 1.807) is 0 Å². The van der Waals surface area contributed by atoms with Crippen LogP contribution in [0.25, 0.3) is 55.3 Å². The molecule has 50 heavy (non-hydrogen) atoms. The summed E-state index contributed by atoms with van der Waals surface area (Å²) in [4.78, 5) is 21.5. The van der Waals surface area contributed by atoms with E-state index in [0.717, 1.165) is 78.7 Å². The van der Waals surface area contributed by atoms with E-state index in [0.29, 0.717) is 11.4 Å². The lowest BCUT2D eigenvalue weighted by Gasteiger charge is -2.34. The minimum absolute atomic E-state index is 0.0558. The number of aromatic nitrogens is 1. The second-order valence-corrected chi connectivity index (χ2v) is 16.5. The molecular formula is C43H28Br4N2O. The normalized spacial score (nSPS) is 13.6. The van der Waals surface area contributed by atoms with E-state index in [1.165, 1.54) is 0 Å². The Morgan fingerprint density at radius 3 is 1.42 bits per heavy atom. The summed E-state index contributed by atoms with van der Waals surface area (Å²) in [7, 11) is 0. The Morgan fingerprint density at radius 1 is 0.520 bits per heavy atom. The maximum atomic E-state index is 14.5. The summed E-state index contributed by atoms with van der Waals surface area (Å²) in [5.41, 5.74) is 9.49. The van der Waals surface area contributed by atoms with Gasteiger partial charge in [0.2, 0.25) is 0 Å². The summed E-state index contributed by atoms with van der Waals surface area (Å²) in [5.74, 6) is 0.574. The third-order valence-corrected chi connectivity index (χ3v) is 11.6. The van der Waals surface area contributed by atoms with Crippen LogP contribution in [0.2, 0.25) is 0 Å². The average molecular weight is 908 g/mol. The molecule has 0 bridgehead atoms. The number of benzene rings is 6. The second-order valence-electron chi connectivity index (χ2n) is 12.8. The largest absolute Gasteiger partial charge is 0.282 e. The SMILES string of the molecule is CC1(C)c2ccccc2C(=O)N1c1nccc2c(-c3ccc(Br)cc3)c(-c3ccc(Br)cc3)c(-c3ccc(Br)cc3)c(-c3ccc(Br)cc3)c12. The van der Waals surface area contributed by atoms with Crippen LogP contribution in [0.3, 0.4) is 0 Å². The minimum Gasteiger partial charge on any atom is -0.282 e. The number of rotatable bonds is 5. The lowest BCUT2D eigenvalue weighted by molar-refractivity contribution is 0.0981. The smallest absolute Gasteiger partial charge is 0.260 e. The molecule has 0 unspecified atom stereocenters. The summed E-state index contributed by atoms with van der Waals surface area (Å²) < 4.78 is 3.99. The van der Waals surface area contributed by atoms with Gasteiger partial charge in [0.15, 0.2) is 0 Å². The molecule has 7 heteroatoms. The molecule has 0 N–H and O–H groups in total. The van der Waals surface area contributed by atoms with Gasteiger partial charge in [-0.1, -0.05) is 130 Å². The molecule has 8 rings (SSSR count). The zero-order valence-electron chi connectivity index (χ0n) is 27.0. The molecule has 3 nitrogen and oxygen atoms in total. The van der Waals surface area contributed by atoms with Crippen molar-refractivity contribution in [3.8, 4) is 44.5 Å². The van der Waals surface area contributed by atoms with Crippen molar-refractivity contribution in [2.45, 2.75) is 19.4 Å². The van der Waals surface area contributed by atoms with Crippen molar-refractivity contribution in [2.75, 3.05) is 4.90 Å². The molecule has 1 aromatic heterocycles. The highest BCUT2D eigenvalue weighted by Crippen LogP contribution is 2.54. The van der Waals surface area contributed by atoms with E-state index in [-0.39, 0.29) is 5.91 Å². The first-order valence-electron chi connectivity index (χ1n) is 16.1. The van der Waals surface area contributed by atoms with Crippen molar-refractivity contribution in [1.29, 1.82) is 0 Å². The first-order chi connectivity index (χ1) is 24.1. The van der Waals surface area contributed by atoms with Crippen molar-refractivity contribution in [1.82, 2.24) is 4.98 Å². The molecule has 1 amide bonds. The highest BCUT2D eigenvalue weighted by Gasteiger charge is 2.45. The number of nitrogens with zero attached hydrogens (tertiary/aromatic N) is 2. The lowest BCUT2D eigenvalue weighted by atomic mass is 9.79. The number of halogens is 4. The number of carbonyl (C=O) groups excluding carboxylic acids is 1. The first kappa shape index (κ1) is 33.3. The summed E-state index contributed by atoms with van der Waals surface area (Å²) in [5, 5.41) is 1.93. The maximum Gasteiger partial charge on any atom is 0.260 e. The van der Waals surface area contributed by atoms with Crippen LogP contribution in [0.15, 0.2) is 151 Å². The Bertz CT molecular complexity index is 2440. The van der Waals surface area contributed by atoms with E-state index in [2.05, 4.69) is 187 Å². The van der Waals surface area contributed by atoms with Crippen molar-refractivity contribution < 1.29 is 4.79 Å². The van der Waals surface area contributed by atoms with Crippen LogP contribution in [0.4, 0.5) is 5.82 Å². The van der Waals surface area contributed by atoms with Gasteiger partial charge in [-0.25, -0.2) is 4.98 Å². The number of amides is 1. The molecular weight excluding hydrogens is 880 g/mol. The Kier molecular flexibility index (Phi) is 8.67. The van der Waals surface area contributed by atoms with Gasteiger partial charge < -0.3 is 0 Å². The molecule has 0 atom stereocenters. The van der Waals surface area contributed by atoms with Gasteiger partial charge in [0, 0.05) is 40.6 Å². The van der Waals surface area contributed by atoms with Crippen LogP contribution in [0.1, 0.15) is 29.8 Å². The van der Waals surface area contributed by atoms with Gasteiger partial charge in [-0.05, 0) is 124 Å². The highest BCUT2D eigenvalue weighted by molar-refractivity contribution is 9.11. The molecule has 0 spiro atoms.